The van der Waals surface area contributed by atoms with Crippen molar-refractivity contribution < 1.29 is 0 Å². The largest absolute Gasteiger partial charge is 0.398 e. The highest BCUT2D eigenvalue weighted by atomic mass is 15.1. The average molecular weight is 227 g/mol. The Bertz CT molecular complexity index is 533. The molecule has 0 aromatic heterocycles. The maximum atomic E-state index is 6.08. The van der Waals surface area contributed by atoms with E-state index < -0.39 is 0 Å². The molecule has 17 heavy (non-hydrogen) atoms. The fourth-order valence-corrected chi connectivity index (χ4v) is 1.95. The fraction of sp³-hybridized carbons (Fsp3) is 0.143. The van der Waals surface area contributed by atoms with Crippen molar-refractivity contribution in [3.05, 3.63) is 42.5 Å². The quantitative estimate of drug-likeness (QED) is 0.775. The zero-order valence-electron chi connectivity index (χ0n) is 10.1. The second-order valence-electron chi connectivity index (χ2n) is 4.22. The lowest BCUT2D eigenvalue weighted by Crippen LogP contribution is -2.11. The van der Waals surface area contributed by atoms with E-state index in [-0.39, 0.29) is 0 Å². The Morgan fingerprint density at radius 3 is 2.12 bits per heavy atom. The second-order valence-corrected chi connectivity index (χ2v) is 4.22. The first-order valence-corrected chi connectivity index (χ1v) is 5.52. The van der Waals surface area contributed by atoms with Crippen molar-refractivity contribution in [3.8, 4) is 11.1 Å². The van der Waals surface area contributed by atoms with Crippen LogP contribution in [0.15, 0.2) is 42.5 Å². The van der Waals surface area contributed by atoms with Crippen molar-refractivity contribution in [2.24, 2.45) is 0 Å². The Morgan fingerprint density at radius 1 is 0.824 bits per heavy atom. The molecule has 2 rings (SSSR count). The van der Waals surface area contributed by atoms with E-state index in [0.29, 0.717) is 0 Å². The number of hydrogen-bond donors (Lipinski definition) is 2. The first-order valence-electron chi connectivity index (χ1n) is 5.52. The molecule has 0 spiro atoms. The maximum Gasteiger partial charge on any atom is 0.0462 e. The number of nitrogens with zero attached hydrogens (tertiary/aromatic N) is 1. The van der Waals surface area contributed by atoms with E-state index >= 15 is 0 Å². The smallest absolute Gasteiger partial charge is 0.0462 e. The summed E-state index contributed by atoms with van der Waals surface area (Å²) >= 11 is 0. The van der Waals surface area contributed by atoms with E-state index in [4.69, 9.17) is 11.5 Å². The third kappa shape index (κ3) is 2.04. The molecule has 0 heterocycles. The van der Waals surface area contributed by atoms with Crippen LogP contribution in [-0.4, -0.2) is 14.1 Å². The van der Waals surface area contributed by atoms with Crippen LogP contribution in [0.1, 0.15) is 0 Å². The van der Waals surface area contributed by atoms with Crippen molar-refractivity contribution >= 4 is 17.1 Å². The topological polar surface area (TPSA) is 55.3 Å². The molecular weight excluding hydrogens is 210 g/mol. The molecule has 3 nitrogen and oxygen atoms in total. The predicted molar refractivity (Wildman–Crippen MR) is 75.0 cm³/mol. The zero-order valence-corrected chi connectivity index (χ0v) is 10.1. The van der Waals surface area contributed by atoms with Gasteiger partial charge in [0.2, 0.25) is 0 Å². The highest BCUT2D eigenvalue weighted by molar-refractivity contribution is 5.92. The van der Waals surface area contributed by atoms with Gasteiger partial charge in [-0.1, -0.05) is 24.3 Å². The summed E-state index contributed by atoms with van der Waals surface area (Å²) in [6.07, 6.45) is 0. The molecule has 88 valence electrons. The van der Waals surface area contributed by atoms with Gasteiger partial charge in [-0.15, -0.1) is 0 Å². The van der Waals surface area contributed by atoms with Gasteiger partial charge in [-0.25, -0.2) is 0 Å². The van der Waals surface area contributed by atoms with Crippen molar-refractivity contribution in [3.63, 3.8) is 0 Å². The van der Waals surface area contributed by atoms with E-state index in [9.17, 15) is 0 Å². The summed E-state index contributed by atoms with van der Waals surface area (Å²) < 4.78 is 0. The molecule has 0 unspecified atom stereocenters. The second kappa shape index (κ2) is 4.37. The molecular formula is C14H17N3. The molecule has 0 aliphatic heterocycles. The van der Waals surface area contributed by atoms with Crippen molar-refractivity contribution in [1.29, 1.82) is 0 Å². The molecule has 0 amide bonds. The molecule has 0 saturated carbocycles. The van der Waals surface area contributed by atoms with Gasteiger partial charge in [0.25, 0.3) is 0 Å². The zero-order chi connectivity index (χ0) is 12.4. The van der Waals surface area contributed by atoms with Gasteiger partial charge in [0, 0.05) is 42.3 Å². The van der Waals surface area contributed by atoms with E-state index in [1.165, 1.54) is 0 Å². The maximum absolute atomic E-state index is 6.08. The van der Waals surface area contributed by atoms with Crippen LogP contribution in [0, 0.1) is 0 Å². The summed E-state index contributed by atoms with van der Waals surface area (Å²) in [6, 6.07) is 13.7. The van der Waals surface area contributed by atoms with Crippen LogP contribution in [0.5, 0.6) is 0 Å². The predicted octanol–water partition coefficient (Wildman–Crippen LogP) is 2.58. The minimum absolute atomic E-state index is 0.744. The third-order valence-electron chi connectivity index (χ3n) is 2.79. The van der Waals surface area contributed by atoms with Crippen molar-refractivity contribution in [1.82, 2.24) is 0 Å². The number of nitrogen functional groups attached to an aromatic ring is 2. The summed E-state index contributed by atoms with van der Waals surface area (Å²) in [5.41, 5.74) is 16.6. The molecule has 2 aromatic carbocycles. The highest BCUT2D eigenvalue weighted by Gasteiger charge is 2.12. The Labute approximate surface area is 102 Å². The minimum atomic E-state index is 0.744. The van der Waals surface area contributed by atoms with E-state index in [1.807, 2.05) is 61.5 Å². The number of benzene rings is 2. The monoisotopic (exact) mass is 227 g/mol. The molecule has 2 aromatic rings. The Balaban J connectivity index is 2.70. The van der Waals surface area contributed by atoms with Gasteiger partial charge in [0.15, 0.2) is 0 Å². The summed E-state index contributed by atoms with van der Waals surface area (Å²) in [5.74, 6) is 0. The van der Waals surface area contributed by atoms with E-state index in [0.717, 1.165) is 28.2 Å². The molecule has 3 heteroatoms. The molecule has 0 bridgehead atoms. The molecule has 0 atom stereocenters. The highest BCUT2D eigenvalue weighted by Crippen LogP contribution is 2.37. The lowest BCUT2D eigenvalue weighted by atomic mass is 9.99. The van der Waals surface area contributed by atoms with Gasteiger partial charge in [-0.3, -0.25) is 0 Å². The summed E-state index contributed by atoms with van der Waals surface area (Å²) in [4.78, 5) is 2.04. The Morgan fingerprint density at radius 2 is 1.47 bits per heavy atom. The molecule has 0 saturated heterocycles. The number of anilines is 3. The van der Waals surface area contributed by atoms with Gasteiger partial charge >= 0.3 is 0 Å². The molecule has 0 aliphatic carbocycles. The standard InChI is InChI=1S/C14H17N3/c1-17(2)13-9-5-8-12(16)14(13)10-6-3-4-7-11(10)15/h3-9H,15-16H2,1-2H3. The number of nitrogens with two attached hydrogens (primary N) is 2. The van der Waals surface area contributed by atoms with Crippen LogP contribution >= 0.6 is 0 Å². The van der Waals surface area contributed by atoms with Crippen molar-refractivity contribution in [2.75, 3.05) is 30.5 Å². The van der Waals surface area contributed by atoms with Gasteiger partial charge in [-0.2, -0.15) is 0 Å². The summed E-state index contributed by atoms with van der Waals surface area (Å²) in [5, 5.41) is 0. The minimum Gasteiger partial charge on any atom is -0.398 e. The van der Waals surface area contributed by atoms with Gasteiger partial charge in [0.05, 0.1) is 0 Å². The SMILES string of the molecule is CN(C)c1cccc(N)c1-c1ccccc1N. The first-order chi connectivity index (χ1) is 8.11. The number of para-hydroxylation sites is 1. The van der Waals surface area contributed by atoms with E-state index in [2.05, 4.69) is 0 Å². The van der Waals surface area contributed by atoms with Gasteiger partial charge in [0.1, 0.15) is 0 Å². The van der Waals surface area contributed by atoms with Crippen LogP contribution < -0.4 is 16.4 Å². The molecule has 0 fully saturated rings. The lowest BCUT2D eigenvalue weighted by molar-refractivity contribution is 1.13. The Kier molecular flexibility index (Phi) is 2.91. The summed E-state index contributed by atoms with van der Waals surface area (Å²) in [6.45, 7) is 0. The first kappa shape index (κ1) is 11.3. The fourth-order valence-electron chi connectivity index (χ4n) is 1.95. The Hall–Kier alpha value is -2.16. The van der Waals surface area contributed by atoms with Crippen LogP contribution in [0.2, 0.25) is 0 Å². The summed E-state index contributed by atoms with van der Waals surface area (Å²) in [7, 11) is 3.99. The van der Waals surface area contributed by atoms with Gasteiger partial charge in [-0.05, 0) is 18.2 Å². The van der Waals surface area contributed by atoms with Crippen LogP contribution in [0.25, 0.3) is 11.1 Å². The van der Waals surface area contributed by atoms with Crippen LogP contribution in [0.4, 0.5) is 17.1 Å². The van der Waals surface area contributed by atoms with Crippen molar-refractivity contribution in [2.45, 2.75) is 0 Å². The normalized spacial score (nSPS) is 10.2. The van der Waals surface area contributed by atoms with Crippen LogP contribution in [0.3, 0.4) is 0 Å². The lowest BCUT2D eigenvalue weighted by Gasteiger charge is -2.20. The molecule has 4 N–H and O–H groups in total. The number of hydrogen-bond acceptors (Lipinski definition) is 3. The van der Waals surface area contributed by atoms with Crippen LogP contribution in [-0.2, 0) is 0 Å². The van der Waals surface area contributed by atoms with E-state index in [1.54, 1.807) is 0 Å². The molecule has 0 radical (unpaired) electrons. The molecule has 0 aliphatic rings. The average Bonchev–Trinajstić information content (AvgIpc) is 2.30. The third-order valence-corrected chi connectivity index (χ3v) is 2.79. The number of rotatable bonds is 2. The van der Waals surface area contributed by atoms with Gasteiger partial charge < -0.3 is 16.4 Å².